The summed E-state index contributed by atoms with van der Waals surface area (Å²) in [5, 5.41) is 0. The van der Waals surface area contributed by atoms with Crippen LogP contribution in [0.3, 0.4) is 0 Å². The Hall–Kier alpha value is -1.31. The van der Waals surface area contributed by atoms with Gasteiger partial charge < -0.3 is 5.73 Å². The third-order valence-electron chi connectivity index (χ3n) is 3.39. The lowest BCUT2D eigenvalue weighted by molar-refractivity contribution is 0.630. The minimum Gasteiger partial charge on any atom is -0.330 e. The number of hydrogen-bond acceptors (Lipinski definition) is 1. The second kappa shape index (κ2) is 7.98. The summed E-state index contributed by atoms with van der Waals surface area (Å²) >= 11 is 0. The molecule has 0 aliphatic rings. The highest BCUT2D eigenvalue weighted by Gasteiger charge is 2.11. The number of halogens is 1. The van der Waals surface area contributed by atoms with Gasteiger partial charge in [-0.25, -0.2) is 0 Å². The number of nitrogens with two attached hydrogens (primary N) is 1. The molecule has 0 saturated carbocycles. The van der Waals surface area contributed by atoms with Crippen molar-refractivity contribution in [1.29, 1.82) is 0 Å². The van der Waals surface area contributed by atoms with Crippen molar-refractivity contribution in [3.05, 3.63) is 71.3 Å². The molecule has 1 nitrogen and oxygen atoms in total. The van der Waals surface area contributed by atoms with Crippen molar-refractivity contribution in [2.24, 2.45) is 5.73 Å². The fourth-order valence-corrected chi connectivity index (χ4v) is 2.32. The summed E-state index contributed by atoms with van der Waals surface area (Å²) in [5.74, 6) is 0.526. The van der Waals surface area contributed by atoms with E-state index in [1.807, 2.05) is 0 Å². The molecule has 0 aliphatic heterocycles. The molecule has 2 rings (SSSR count). The van der Waals surface area contributed by atoms with E-state index in [9.17, 15) is 0 Å². The molecule has 2 N–H and O–H groups in total. The maximum atomic E-state index is 5.75. The van der Waals surface area contributed by atoms with Crippen LogP contribution < -0.4 is 5.73 Å². The van der Waals surface area contributed by atoms with Gasteiger partial charge in [0.1, 0.15) is 0 Å². The lowest BCUT2D eigenvalue weighted by Gasteiger charge is -2.17. The predicted octanol–water partition coefficient (Wildman–Crippen LogP) is 4.09. The number of hydrogen-bond donors (Lipinski definition) is 1. The molecule has 0 fully saturated rings. The second-order valence-corrected chi connectivity index (χ2v) is 4.87. The van der Waals surface area contributed by atoms with Crippen LogP contribution in [0.15, 0.2) is 54.6 Å². The first kappa shape index (κ1) is 15.7. The SMILES string of the molecule is Cc1ccc(C(CCN)Cc2ccccc2)cc1.Cl. The predicted molar refractivity (Wildman–Crippen MR) is 85.0 cm³/mol. The van der Waals surface area contributed by atoms with E-state index in [1.54, 1.807) is 0 Å². The zero-order valence-corrected chi connectivity index (χ0v) is 12.2. The van der Waals surface area contributed by atoms with E-state index in [-0.39, 0.29) is 12.4 Å². The lowest BCUT2D eigenvalue weighted by Crippen LogP contribution is -2.10. The van der Waals surface area contributed by atoms with E-state index in [2.05, 4.69) is 61.5 Å². The third-order valence-corrected chi connectivity index (χ3v) is 3.39. The molecule has 0 saturated heterocycles. The molecule has 1 unspecified atom stereocenters. The van der Waals surface area contributed by atoms with Crippen LogP contribution in [0.1, 0.15) is 29.0 Å². The van der Waals surface area contributed by atoms with Gasteiger partial charge in [0.25, 0.3) is 0 Å². The zero-order chi connectivity index (χ0) is 12.8. The van der Waals surface area contributed by atoms with Gasteiger partial charge >= 0.3 is 0 Å². The first-order chi connectivity index (χ1) is 8.79. The van der Waals surface area contributed by atoms with Crippen molar-refractivity contribution >= 4 is 12.4 Å². The second-order valence-electron chi connectivity index (χ2n) is 4.87. The van der Waals surface area contributed by atoms with Gasteiger partial charge in [-0.3, -0.25) is 0 Å². The van der Waals surface area contributed by atoms with Crippen LogP contribution in [0.2, 0.25) is 0 Å². The van der Waals surface area contributed by atoms with E-state index in [1.165, 1.54) is 16.7 Å². The maximum absolute atomic E-state index is 5.75. The monoisotopic (exact) mass is 275 g/mol. The van der Waals surface area contributed by atoms with Gasteiger partial charge in [0.2, 0.25) is 0 Å². The van der Waals surface area contributed by atoms with Gasteiger partial charge in [-0.2, -0.15) is 0 Å². The normalized spacial score (nSPS) is 11.7. The largest absolute Gasteiger partial charge is 0.330 e. The smallest absolute Gasteiger partial charge is 0.00713 e. The van der Waals surface area contributed by atoms with Gasteiger partial charge in [0, 0.05) is 0 Å². The topological polar surface area (TPSA) is 26.0 Å². The Morgan fingerprint density at radius 1 is 0.947 bits per heavy atom. The highest BCUT2D eigenvalue weighted by atomic mass is 35.5. The van der Waals surface area contributed by atoms with Gasteiger partial charge in [-0.05, 0) is 43.4 Å². The van der Waals surface area contributed by atoms with Crippen LogP contribution in [-0.2, 0) is 6.42 Å². The van der Waals surface area contributed by atoms with Crippen molar-refractivity contribution in [3.8, 4) is 0 Å². The van der Waals surface area contributed by atoms with Crippen LogP contribution in [0.5, 0.6) is 0 Å². The van der Waals surface area contributed by atoms with E-state index < -0.39 is 0 Å². The van der Waals surface area contributed by atoms with Gasteiger partial charge in [0.05, 0.1) is 0 Å². The summed E-state index contributed by atoms with van der Waals surface area (Å²) < 4.78 is 0. The van der Waals surface area contributed by atoms with E-state index in [0.717, 1.165) is 19.4 Å². The summed E-state index contributed by atoms with van der Waals surface area (Å²) in [5.41, 5.74) is 9.84. The van der Waals surface area contributed by atoms with Crippen molar-refractivity contribution in [3.63, 3.8) is 0 Å². The van der Waals surface area contributed by atoms with E-state index >= 15 is 0 Å². The Morgan fingerprint density at radius 2 is 1.58 bits per heavy atom. The molecule has 0 amide bonds. The molecule has 102 valence electrons. The quantitative estimate of drug-likeness (QED) is 0.874. The average molecular weight is 276 g/mol. The summed E-state index contributed by atoms with van der Waals surface area (Å²) in [7, 11) is 0. The standard InChI is InChI=1S/C17H21N.ClH/c1-14-7-9-16(10-8-14)17(11-12-18)13-15-5-3-2-4-6-15;/h2-10,17H,11-13,18H2,1H3;1H. The molecule has 2 aromatic rings. The van der Waals surface area contributed by atoms with Crippen LogP contribution >= 0.6 is 12.4 Å². The van der Waals surface area contributed by atoms with Crippen LogP contribution in [-0.4, -0.2) is 6.54 Å². The van der Waals surface area contributed by atoms with Crippen LogP contribution in [0, 0.1) is 6.92 Å². The molecular weight excluding hydrogens is 254 g/mol. The van der Waals surface area contributed by atoms with Crippen LogP contribution in [0.4, 0.5) is 0 Å². The Balaban J connectivity index is 0.00000180. The van der Waals surface area contributed by atoms with Gasteiger partial charge in [-0.1, -0.05) is 60.2 Å². The summed E-state index contributed by atoms with van der Waals surface area (Å²) in [6.07, 6.45) is 2.11. The first-order valence-corrected chi connectivity index (χ1v) is 6.60. The molecule has 1 atom stereocenters. The first-order valence-electron chi connectivity index (χ1n) is 6.60. The van der Waals surface area contributed by atoms with Crippen molar-refractivity contribution in [2.75, 3.05) is 6.54 Å². The fraction of sp³-hybridized carbons (Fsp3) is 0.294. The van der Waals surface area contributed by atoms with E-state index in [0.29, 0.717) is 5.92 Å². The minimum atomic E-state index is 0. The highest BCUT2D eigenvalue weighted by Crippen LogP contribution is 2.24. The lowest BCUT2D eigenvalue weighted by atomic mass is 9.89. The molecule has 2 heteroatoms. The summed E-state index contributed by atoms with van der Waals surface area (Å²) in [6, 6.07) is 19.5. The maximum Gasteiger partial charge on any atom is -0.00713 e. The number of rotatable bonds is 5. The molecule has 2 aromatic carbocycles. The zero-order valence-electron chi connectivity index (χ0n) is 11.4. The van der Waals surface area contributed by atoms with E-state index in [4.69, 9.17) is 5.73 Å². The van der Waals surface area contributed by atoms with Crippen molar-refractivity contribution in [2.45, 2.75) is 25.7 Å². The Kier molecular flexibility index (Phi) is 6.61. The molecule has 0 spiro atoms. The van der Waals surface area contributed by atoms with Crippen molar-refractivity contribution < 1.29 is 0 Å². The summed E-state index contributed by atoms with van der Waals surface area (Å²) in [4.78, 5) is 0. The van der Waals surface area contributed by atoms with Gasteiger partial charge in [-0.15, -0.1) is 12.4 Å². The molecular formula is C17H22ClN. The number of benzene rings is 2. The molecule has 0 aromatic heterocycles. The van der Waals surface area contributed by atoms with Gasteiger partial charge in [0.15, 0.2) is 0 Å². The molecule has 0 bridgehead atoms. The number of aryl methyl sites for hydroxylation is 1. The Labute approximate surface area is 122 Å². The molecule has 0 aliphatic carbocycles. The minimum absolute atomic E-state index is 0. The fourth-order valence-electron chi connectivity index (χ4n) is 2.32. The molecule has 0 radical (unpaired) electrons. The Bertz CT molecular complexity index is 464. The Morgan fingerprint density at radius 3 is 2.16 bits per heavy atom. The third kappa shape index (κ3) is 4.70. The summed E-state index contributed by atoms with van der Waals surface area (Å²) in [6.45, 7) is 2.87. The molecule has 19 heavy (non-hydrogen) atoms. The average Bonchev–Trinajstić information content (AvgIpc) is 2.40. The van der Waals surface area contributed by atoms with Crippen molar-refractivity contribution in [1.82, 2.24) is 0 Å². The van der Waals surface area contributed by atoms with Crippen LogP contribution in [0.25, 0.3) is 0 Å². The highest BCUT2D eigenvalue weighted by molar-refractivity contribution is 5.85. The molecule has 0 heterocycles.